The van der Waals surface area contributed by atoms with Gasteiger partial charge in [0.05, 0.1) is 0 Å². The van der Waals surface area contributed by atoms with Crippen LogP contribution in [-0.4, -0.2) is 24.2 Å². The number of aliphatic hydroxyl groups excluding tert-OH is 1. The Labute approximate surface area is 59.2 Å². The second-order valence-electron chi connectivity index (χ2n) is 1.58. The van der Waals surface area contributed by atoms with E-state index in [1.54, 1.807) is 6.19 Å². The van der Waals surface area contributed by atoms with Gasteiger partial charge in [0.1, 0.15) is 0 Å². The molecule has 56 valence electrons. The Morgan fingerprint density at radius 3 is 3.00 bits per heavy atom. The molecule has 0 spiro atoms. The molecule has 0 aromatic carbocycles. The van der Waals surface area contributed by atoms with Crippen LogP contribution in [0.2, 0.25) is 0 Å². The summed E-state index contributed by atoms with van der Waals surface area (Å²) in [6.45, 7) is 0.528. The van der Waals surface area contributed by atoms with Gasteiger partial charge in [-0.25, -0.2) is 0 Å². The van der Waals surface area contributed by atoms with Crippen molar-refractivity contribution < 1.29 is 5.11 Å². The summed E-state index contributed by atoms with van der Waals surface area (Å²) < 4.78 is 0. The van der Waals surface area contributed by atoms with Crippen molar-refractivity contribution in [2.75, 3.05) is 13.2 Å². The van der Waals surface area contributed by atoms with Crippen LogP contribution in [0.15, 0.2) is 4.99 Å². The SMILES string of the molecule is N#CNC(N)=NCCCO. The van der Waals surface area contributed by atoms with E-state index in [9.17, 15) is 0 Å². The van der Waals surface area contributed by atoms with E-state index in [1.165, 1.54) is 0 Å². The van der Waals surface area contributed by atoms with Crippen LogP contribution in [0, 0.1) is 11.5 Å². The third-order valence-corrected chi connectivity index (χ3v) is 0.782. The first kappa shape index (κ1) is 8.72. The Morgan fingerprint density at radius 1 is 1.80 bits per heavy atom. The minimum Gasteiger partial charge on any atom is -0.396 e. The lowest BCUT2D eigenvalue weighted by Crippen LogP contribution is -2.27. The summed E-state index contributed by atoms with van der Waals surface area (Å²) in [5.41, 5.74) is 5.16. The number of rotatable bonds is 3. The quantitative estimate of drug-likeness (QED) is 0.151. The van der Waals surface area contributed by atoms with E-state index in [2.05, 4.69) is 10.3 Å². The van der Waals surface area contributed by atoms with Crippen molar-refractivity contribution in [3.63, 3.8) is 0 Å². The van der Waals surface area contributed by atoms with Crippen molar-refractivity contribution >= 4 is 5.96 Å². The van der Waals surface area contributed by atoms with Crippen molar-refractivity contribution in [1.82, 2.24) is 5.32 Å². The maximum absolute atomic E-state index is 8.31. The number of aliphatic imine (C=N–C) groups is 1. The van der Waals surface area contributed by atoms with E-state index < -0.39 is 0 Å². The van der Waals surface area contributed by atoms with Crippen molar-refractivity contribution in [2.24, 2.45) is 10.7 Å². The van der Waals surface area contributed by atoms with Crippen LogP contribution < -0.4 is 11.1 Å². The molecule has 0 atom stereocenters. The Kier molecular flexibility index (Phi) is 5.10. The number of hydrogen-bond donors (Lipinski definition) is 3. The summed E-state index contributed by atoms with van der Waals surface area (Å²) in [6.07, 6.45) is 2.19. The average Bonchev–Trinajstić information content (AvgIpc) is 1.89. The van der Waals surface area contributed by atoms with Gasteiger partial charge in [-0.3, -0.25) is 10.3 Å². The third-order valence-electron chi connectivity index (χ3n) is 0.782. The van der Waals surface area contributed by atoms with E-state index >= 15 is 0 Å². The molecule has 5 nitrogen and oxygen atoms in total. The molecule has 10 heavy (non-hydrogen) atoms. The number of hydrogen-bond acceptors (Lipinski definition) is 3. The fourth-order valence-electron chi connectivity index (χ4n) is 0.367. The smallest absolute Gasteiger partial charge is 0.202 e. The summed E-state index contributed by atoms with van der Waals surface area (Å²) in [4.78, 5) is 3.70. The third kappa shape index (κ3) is 4.87. The standard InChI is InChI=1S/C5H10N4O/c6-4-9-5(7)8-2-1-3-10/h10H,1-3H2,(H3,7,8,9). The van der Waals surface area contributed by atoms with Gasteiger partial charge in [-0.1, -0.05) is 0 Å². The van der Waals surface area contributed by atoms with Gasteiger partial charge in [0.2, 0.25) is 5.96 Å². The lowest BCUT2D eigenvalue weighted by Gasteiger charge is -1.93. The highest BCUT2D eigenvalue weighted by atomic mass is 16.3. The van der Waals surface area contributed by atoms with E-state index in [0.717, 1.165) is 0 Å². The molecule has 0 saturated heterocycles. The largest absolute Gasteiger partial charge is 0.396 e. The Balaban J connectivity index is 3.40. The van der Waals surface area contributed by atoms with Crippen molar-refractivity contribution in [2.45, 2.75) is 6.42 Å². The van der Waals surface area contributed by atoms with E-state index in [0.29, 0.717) is 13.0 Å². The predicted molar refractivity (Wildman–Crippen MR) is 36.9 cm³/mol. The number of guanidine groups is 1. The zero-order valence-electron chi connectivity index (χ0n) is 5.54. The van der Waals surface area contributed by atoms with Gasteiger partial charge < -0.3 is 10.8 Å². The van der Waals surface area contributed by atoms with Crippen molar-refractivity contribution in [3.8, 4) is 6.19 Å². The molecule has 0 radical (unpaired) electrons. The Morgan fingerprint density at radius 2 is 2.50 bits per heavy atom. The zero-order valence-corrected chi connectivity index (χ0v) is 5.54. The molecule has 4 N–H and O–H groups in total. The molecule has 0 aromatic rings. The van der Waals surface area contributed by atoms with Gasteiger partial charge in [0.25, 0.3) is 0 Å². The van der Waals surface area contributed by atoms with Gasteiger partial charge in [-0.05, 0) is 6.42 Å². The lowest BCUT2D eigenvalue weighted by atomic mass is 10.5. The molecular weight excluding hydrogens is 132 g/mol. The molecule has 0 amide bonds. The number of nitrogens with zero attached hydrogens (tertiary/aromatic N) is 2. The Hall–Kier alpha value is -1.28. The molecule has 5 heteroatoms. The highest BCUT2D eigenvalue weighted by Gasteiger charge is 1.85. The number of nitriles is 1. The van der Waals surface area contributed by atoms with Gasteiger partial charge in [-0.2, -0.15) is 5.26 Å². The van der Waals surface area contributed by atoms with Gasteiger partial charge in [-0.15, -0.1) is 0 Å². The number of aliphatic hydroxyl groups is 1. The highest BCUT2D eigenvalue weighted by Crippen LogP contribution is 1.76. The van der Waals surface area contributed by atoms with Gasteiger partial charge in [0.15, 0.2) is 6.19 Å². The van der Waals surface area contributed by atoms with Crippen LogP contribution in [0.1, 0.15) is 6.42 Å². The van der Waals surface area contributed by atoms with Crippen molar-refractivity contribution in [1.29, 1.82) is 5.26 Å². The zero-order chi connectivity index (χ0) is 7.82. The first-order valence-electron chi connectivity index (χ1n) is 2.87. The maximum atomic E-state index is 8.31. The summed E-state index contributed by atoms with van der Waals surface area (Å²) in [6, 6.07) is 0. The summed E-state index contributed by atoms with van der Waals surface area (Å²) in [5, 5.41) is 18.5. The molecule has 0 unspecified atom stereocenters. The van der Waals surface area contributed by atoms with Gasteiger partial charge >= 0.3 is 0 Å². The summed E-state index contributed by atoms with van der Waals surface area (Å²) in [7, 11) is 0. The van der Waals surface area contributed by atoms with E-state index in [-0.39, 0.29) is 12.6 Å². The van der Waals surface area contributed by atoms with Crippen LogP contribution in [0.25, 0.3) is 0 Å². The van der Waals surface area contributed by atoms with Crippen molar-refractivity contribution in [3.05, 3.63) is 0 Å². The minimum absolute atomic E-state index is 0.0866. The fourth-order valence-corrected chi connectivity index (χ4v) is 0.367. The molecule has 0 fully saturated rings. The minimum atomic E-state index is 0.0866. The summed E-state index contributed by atoms with van der Waals surface area (Å²) in [5.74, 6) is 0.0935. The van der Waals surface area contributed by atoms with E-state index in [1.807, 2.05) is 0 Å². The molecule has 0 aliphatic rings. The monoisotopic (exact) mass is 142 g/mol. The molecule has 0 aliphatic carbocycles. The highest BCUT2D eigenvalue weighted by molar-refractivity contribution is 5.79. The molecule has 0 saturated carbocycles. The fraction of sp³-hybridized carbons (Fsp3) is 0.600. The van der Waals surface area contributed by atoms with Crippen LogP contribution in [-0.2, 0) is 0 Å². The molecule has 0 bridgehead atoms. The normalized spacial score (nSPS) is 10.6. The number of nitrogens with two attached hydrogens (primary N) is 1. The maximum Gasteiger partial charge on any atom is 0.202 e. The topological polar surface area (TPSA) is 94.4 Å². The second kappa shape index (κ2) is 5.85. The molecular formula is C5H10N4O. The van der Waals surface area contributed by atoms with Crippen LogP contribution >= 0.6 is 0 Å². The van der Waals surface area contributed by atoms with Crippen LogP contribution in [0.4, 0.5) is 0 Å². The molecule has 0 rings (SSSR count). The number of nitrogens with one attached hydrogen (secondary N) is 1. The summed E-state index contributed by atoms with van der Waals surface area (Å²) >= 11 is 0. The first-order chi connectivity index (χ1) is 4.81. The lowest BCUT2D eigenvalue weighted by molar-refractivity contribution is 0.291. The van der Waals surface area contributed by atoms with Crippen LogP contribution in [0.5, 0.6) is 0 Å². The van der Waals surface area contributed by atoms with E-state index in [4.69, 9.17) is 16.1 Å². The first-order valence-corrected chi connectivity index (χ1v) is 2.87. The van der Waals surface area contributed by atoms with Gasteiger partial charge in [0, 0.05) is 13.2 Å². The predicted octanol–water partition coefficient (Wildman–Crippen LogP) is -1.25. The Bertz CT molecular complexity index is 148. The molecule has 0 aromatic heterocycles. The van der Waals surface area contributed by atoms with Crippen LogP contribution in [0.3, 0.4) is 0 Å². The molecule has 0 aliphatic heterocycles. The average molecular weight is 142 g/mol. The molecule has 0 heterocycles. The second-order valence-corrected chi connectivity index (χ2v) is 1.58.